The Morgan fingerprint density at radius 3 is 2.27 bits per heavy atom. The molecule has 0 fully saturated rings. The van der Waals surface area contributed by atoms with Crippen molar-refractivity contribution in [3.05, 3.63) is 0 Å². The molecule has 0 heterocycles. The van der Waals surface area contributed by atoms with E-state index in [0.29, 0.717) is 6.42 Å². The van der Waals surface area contributed by atoms with Gasteiger partial charge in [-0.3, -0.25) is 4.79 Å². The van der Waals surface area contributed by atoms with Crippen LogP contribution in [0.5, 0.6) is 0 Å². The second-order valence-corrected chi connectivity index (χ2v) is 4.26. The van der Waals surface area contributed by atoms with E-state index in [9.17, 15) is 9.90 Å². The molecule has 4 heteroatoms. The molecule has 0 aliphatic heterocycles. The van der Waals surface area contributed by atoms with Crippen LogP contribution in [-0.4, -0.2) is 35.5 Å². The average molecular weight is 218 g/mol. The van der Waals surface area contributed by atoms with Gasteiger partial charge < -0.3 is 14.9 Å². The van der Waals surface area contributed by atoms with Gasteiger partial charge in [0.15, 0.2) is 0 Å². The van der Waals surface area contributed by atoms with Gasteiger partial charge >= 0.3 is 5.97 Å². The molecule has 0 aromatic carbocycles. The SMILES string of the molecule is CCCC(C(=O)O)C(O)(COC)C(C)C. The lowest BCUT2D eigenvalue weighted by Gasteiger charge is -2.36. The maximum Gasteiger partial charge on any atom is 0.309 e. The minimum Gasteiger partial charge on any atom is -0.481 e. The van der Waals surface area contributed by atoms with Crippen molar-refractivity contribution < 1.29 is 19.7 Å². The van der Waals surface area contributed by atoms with Gasteiger partial charge in [0.05, 0.1) is 12.5 Å². The van der Waals surface area contributed by atoms with Crippen LogP contribution in [0.4, 0.5) is 0 Å². The first kappa shape index (κ1) is 14.4. The summed E-state index contributed by atoms with van der Waals surface area (Å²) in [4.78, 5) is 11.1. The molecule has 0 aromatic rings. The van der Waals surface area contributed by atoms with E-state index in [0.717, 1.165) is 6.42 Å². The maximum absolute atomic E-state index is 11.1. The molecule has 0 amide bonds. The highest BCUT2D eigenvalue weighted by molar-refractivity contribution is 5.71. The Kier molecular flexibility index (Phi) is 5.83. The molecule has 2 atom stereocenters. The van der Waals surface area contributed by atoms with Crippen molar-refractivity contribution in [1.82, 2.24) is 0 Å². The summed E-state index contributed by atoms with van der Waals surface area (Å²) >= 11 is 0. The van der Waals surface area contributed by atoms with Gasteiger partial charge in [-0.25, -0.2) is 0 Å². The van der Waals surface area contributed by atoms with Crippen molar-refractivity contribution >= 4 is 5.97 Å². The van der Waals surface area contributed by atoms with Crippen molar-refractivity contribution in [3.8, 4) is 0 Å². The third kappa shape index (κ3) is 3.47. The molecule has 0 spiro atoms. The molecule has 0 saturated carbocycles. The van der Waals surface area contributed by atoms with E-state index in [1.807, 2.05) is 20.8 Å². The number of carbonyl (C=O) groups is 1. The van der Waals surface area contributed by atoms with Gasteiger partial charge in [-0.05, 0) is 12.3 Å². The molecule has 0 saturated heterocycles. The minimum atomic E-state index is -1.28. The van der Waals surface area contributed by atoms with Crippen LogP contribution < -0.4 is 0 Å². The standard InChI is InChI=1S/C11H22O4/c1-5-6-9(10(12)13)11(14,7-15-4)8(2)3/h8-9,14H,5-7H2,1-4H3,(H,12,13). The number of hydrogen-bond donors (Lipinski definition) is 2. The minimum absolute atomic E-state index is 0.0572. The molecule has 0 rings (SSSR count). The predicted octanol–water partition coefficient (Wildman–Crippen LogP) is 1.52. The number of aliphatic hydroxyl groups is 1. The van der Waals surface area contributed by atoms with Crippen LogP contribution in [0.1, 0.15) is 33.6 Å². The Bertz CT molecular complexity index is 203. The molecule has 0 radical (unpaired) electrons. The molecular formula is C11H22O4. The molecule has 0 bridgehead atoms. The summed E-state index contributed by atoms with van der Waals surface area (Å²) in [7, 11) is 1.47. The predicted molar refractivity (Wildman–Crippen MR) is 57.7 cm³/mol. The number of carboxylic acids is 1. The zero-order valence-electron chi connectivity index (χ0n) is 9.99. The number of hydrogen-bond acceptors (Lipinski definition) is 3. The summed E-state index contributed by atoms with van der Waals surface area (Å²) in [5.74, 6) is -1.86. The van der Waals surface area contributed by atoms with E-state index in [1.165, 1.54) is 7.11 Å². The van der Waals surface area contributed by atoms with Crippen LogP contribution >= 0.6 is 0 Å². The second-order valence-electron chi connectivity index (χ2n) is 4.26. The van der Waals surface area contributed by atoms with Crippen LogP contribution in [0.15, 0.2) is 0 Å². The first-order valence-corrected chi connectivity index (χ1v) is 5.34. The maximum atomic E-state index is 11.1. The third-order valence-electron chi connectivity index (χ3n) is 2.85. The van der Waals surface area contributed by atoms with Crippen LogP contribution in [0.25, 0.3) is 0 Å². The van der Waals surface area contributed by atoms with Crippen molar-refractivity contribution in [3.63, 3.8) is 0 Å². The molecule has 15 heavy (non-hydrogen) atoms. The van der Waals surface area contributed by atoms with Crippen LogP contribution in [0, 0.1) is 11.8 Å². The highest BCUT2D eigenvalue weighted by Gasteiger charge is 2.43. The van der Waals surface area contributed by atoms with Crippen molar-refractivity contribution in [2.45, 2.75) is 39.2 Å². The third-order valence-corrected chi connectivity index (χ3v) is 2.85. The fourth-order valence-corrected chi connectivity index (χ4v) is 1.78. The second kappa shape index (κ2) is 6.08. The van der Waals surface area contributed by atoms with E-state index in [1.54, 1.807) is 0 Å². The molecule has 2 unspecified atom stereocenters. The summed E-state index contributed by atoms with van der Waals surface area (Å²) in [6, 6.07) is 0. The van der Waals surface area contributed by atoms with E-state index < -0.39 is 17.5 Å². The first-order chi connectivity index (χ1) is 6.90. The lowest BCUT2D eigenvalue weighted by atomic mass is 9.77. The smallest absolute Gasteiger partial charge is 0.309 e. The fourth-order valence-electron chi connectivity index (χ4n) is 1.78. The number of aliphatic carboxylic acids is 1. The summed E-state index contributed by atoms with van der Waals surface area (Å²) in [5, 5.41) is 19.4. The summed E-state index contributed by atoms with van der Waals surface area (Å²) in [6.45, 7) is 5.58. The van der Waals surface area contributed by atoms with Crippen LogP contribution in [0.2, 0.25) is 0 Å². The largest absolute Gasteiger partial charge is 0.481 e. The topological polar surface area (TPSA) is 66.8 Å². The van der Waals surface area contributed by atoms with Gasteiger partial charge in [-0.2, -0.15) is 0 Å². The molecule has 4 nitrogen and oxygen atoms in total. The Balaban J connectivity index is 4.90. The molecule has 2 N–H and O–H groups in total. The Labute approximate surface area is 91.3 Å². The first-order valence-electron chi connectivity index (χ1n) is 5.34. The highest BCUT2D eigenvalue weighted by atomic mass is 16.5. The van der Waals surface area contributed by atoms with Crippen molar-refractivity contribution in [2.24, 2.45) is 11.8 Å². The molecule has 0 aromatic heterocycles. The molecular weight excluding hydrogens is 196 g/mol. The Hall–Kier alpha value is -0.610. The zero-order chi connectivity index (χ0) is 12.1. The molecule has 0 aliphatic carbocycles. The van der Waals surface area contributed by atoms with E-state index in [4.69, 9.17) is 9.84 Å². The Morgan fingerprint density at radius 1 is 1.47 bits per heavy atom. The molecule has 0 aliphatic rings. The summed E-state index contributed by atoms with van der Waals surface area (Å²) < 4.78 is 4.93. The summed E-state index contributed by atoms with van der Waals surface area (Å²) in [6.07, 6.45) is 1.20. The van der Waals surface area contributed by atoms with Gasteiger partial charge in [0, 0.05) is 7.11 Å². The lowest BCUT2D eigenvalue weighted by Crippen LogP contribution is -2.50. The van der Waals surface area contributed by atoms with Crippen molar-refractivity contribution in [2.75, 3.05) is 13.7 Å². The van der Waals surface area contributed by atoms with E-state index in [-0.39, 0.29) is 12.5 Å². The van der Waals surface area contributed by atoms with E-state index in [2.05, 4.69) is 0 Å². The van der Waals surface area contributed by atoms with E-state index >= 15 is 0 Å². The number of methoxy groups -OCH3 is 1. The van der Waals surface area contributed by atoms with Gasteiger partial charge in [0.25, 0.3) is 0 Å². The van der Waals surface area contributed by atoms with Gasteiger partial charge in [-0.1, -0.05) is 27.2 Å². The quantitative estimate of drug-likeness (QED) is 0.680. The lowest BCUT2D eigenvalue weighted by molar-refractivity contribution is -0.164. The summed E-state index contributed by atoms with van der Waals surface area (Å²) in [5.41, 5.74) is -1.28. The fraction of sp³-hybridized carbons (Fsp3) is 0.909. The van der Waals surface area contributed by atoms with Crippen LogP contribution in [0.3, 0.4) is 0 Å². The van der Waals surface area contributed by atoms with Crippen molar-refractivity contribution in [1.29, 1.82) is 0 Å². The average Bonchev–Trinajstić information content (AvgIpc) is 2.13. The van der Waals surface area contributed by atoms with Gasteiger partial charge in [0.2, 0.25) is 0 Å². The highest BCUT2D eigenvalue weighted by Crippen LogP contribution is 2.30. The van der Waals surface area contributed by atoms with Crippen LogP contribution in [-0.2, 0) is 9.53 Å². The monoisotopic (exact) mass is 218 g/mol. The molecule has 90 valence electrons. The normalized spacial score (nSPS) is 17.5. The zero-order valence-corrected chi connectivity index (χ0v) is 9.99. The van der Waals surface area contributed by atoms with Gasteiger partial charge in [-0.15, -0.1) is 0 Å². The number of carboxylic acid groups (broad SMARTS) is 1. The van der Waals surface area contributed by atoms with Gasteiger partial charge in [0.1, 0.15) is 5.60 Å². The Morgan fingerprint density at radius 2 is 2.00 bits per heavy atom. The number of rotatable bonds is 7. The number of ether oxygens (including phenoxy) is 1.